The second-order valence-electron chi connectivity index (χ2n) is 10.6. The molecular weight excluding hydrogens is 392 g/mol. The van der Waals surface area contributed by atoms with E-state index < -0.39 is 5.60 Å². The van der Waals surface area contributed by atoms with Gasteiger partial charge in [-0.05, 0) is 67.7 Å². The maximum Gasteiger partial charge on any atom is 0.161 e. The summed E-state index contributed by atoms with van der Waals surface area (Å²) in [5.74, 6) is 1.72. The second kappa shape index (κ2) is 9.36. The van der Waals surface area contributed by atoms with E-state index in [0.29, 0.717) is 30.6 Å². The van der Waals surface area contributed by atoms with Crippen LogP contribution in [0, 0.1) is 22.7 Å². The molecule has 0 unspecified atom stereocenters. The number of nitrogens with zero attached hydrogens (tertiary/aromatic N) is 2. The highest BCUT2D eigenvalue weighted by molar-refractivity contribution is 5.49. The van der Waals surface area contributed by atoms with E-state index in [1.54, 1.807) is 21.0 Å². The van der Waals surface area contributed by atoms with Crippen molar-refractivity contribution in [3.05, 3.63) is 23.3 Å². The Labute approximate surface area is 187 Å². The van der Waals surface area contributed by atoms with Crippen molar-refractivity contribution < 1.29 is 19.3 Å². The van der Waals surface area contributed by atoms with Gasteiger partial charge < -0.3 is 19.3 Å². The normalized spacial score (nSPS) is 24.1. The highest BCUT2D eigenvalue weighted by Crippen LogP contribution is 2.44. The third kappa shape index (κ3) is 5.91. The Bertz CT molecular complexity index is 809. The zero-order valence-corrected chi connectivity index (χ0v) is 19.9. The van der Waals surface area contributed by atoms with Gasteiger partial charge in [0.1, 0.15) is 12.2 Å². The number of piperidine rings is 1. The summed E-state index contributed by atoms with van der Waals surface area (Å²) >= 11 is 0. The highest BCUT2D eigenvalue weighted by Gasteiger charge is 2.39. The van der Waals surface area contributed by atoms with Gasteiger partial charge in [0.2, 0.25) is 0 Å². The number of benzene rings is 1. The fraction of sp³-hybridized carbons (Fsp3) is 0.720. The average Bonchev–Trinajstić information content (AvgIpc) is 2.70. The van der Waals surface area contributed by atoms with E-state index in [-0.39, 0.29) is 17.6 Å². The van der Waals surface area contributed by atoms with Crippen molar-refractivity contribution in [1.29, 1.82) is 5.26 Å². The van der Waals surface area contributed by atoms with Gasteiger partial charge in [0.05, 0.1) is 25.9 Å². The summed E-state index contributed by atoms with van der Waals surface area (Å²) in [4.78, 5) is 2.53. The molecule has 1 N–H and O–H groups in total. The minimum atomic E-state index is -0.820. The Balaban J connectivity index is 1.71. The number of aliphatic hydroxyl groups is 1. The van der Waals surface area contributed by atoms with E-state index in [0.717, 1.165) is 32.4 Å². The van der Waals surface area contributed by atoms with E-state index in [9.17, 15) is 5.11 Å². The molecule has 1 aromatic rings. The van der Waals surface area contributed by atoms with Crippen LogP contribution in [0.25, 0.3) is 0 Å². The number of hydrogen-bond acceptors (Lipinski definition) is 6. The quantitative estimate of drug-likeness (QED) is 0.656. The molecule has 0 radical (unpaired) electrons. The van der Waals surface area contributed by atoms with Crippen molar-refractivity contribution in [3.63, 3.8) is 0 Å². The van der Waals surface area contributed by atoms with Gasteiger partial charge in [0, 0.05) is 19.1 Å². The lowest BCUT2D eigenvalue weighted by Gasteiger charge is -2.47. The van der Waals surface area contributed by atoms with E-state index >= 15 is 0 Å². The lowest BCUT2D eigenvalue weighted by molar-refractivity contribution is -0.0259. The standard InChI is InChI=1S/C25H38N2O4/c1-24(2,3)14-18-15-27-8-7-17-11-23(30-9-10-31-25(4,5)16-26)22(29-6)12-19(17)20(27)13-21(18)28/h11-12,18,20-21,28H,7-10,13-15H2,1-6H3/t18-,20-,21-/m1/s1. The Morgan fingerprint density at radius 3 is 2.55 bits per heavy atom. The highest BCUT2D eigenvalue weighted by atomic mass is 16.5. The van der Waals surface area contributed by atoms with Crippen LogP contribution in [-0.4, -0.2) is 55.1 Å². The summed E-state index contributed by atoms with van der Waals surface area (Å²) in [5.41, 5.74) is 1.90. The molecule has 0 spiro atoms. The predicted molar refractivity (Wildman–Crippen MR) is 120 cm³/mol. The number of ether oxygens (including phenoxy) is 3. The van der Waals surface area contributed by atoms with Gasteiger partial charge in [-0.15, -0.1) is 0 Å². The number of methoxy groups -OCH3 is 1. The van der Waals surface area contributed by atoms with Crippen molar-refractivity contribution in [2.75, 3.05) is 33.4 Å². The number of fused-ring (bicyclic) bond motifs is 3. The molecule has 0 aliphatic carbocycles. The molecular formula is C25H38N2O4. The zero-order valence-electron chi connectivity index (χ0n) is 19.9. The van der Waals surface area contributed by atoms with E-state index in [2.05, 4.69) is 43.9 Å². The molecule has 3 atom stereocenters. The van der Waals surface area contributed by atoms with Crippen LogP contribution in [0.15, 0.2) is 12.1 Å². The summed E-state index contributed by atoms with van der Waals surface area (Å²) < 4.78 is 17.1. The largest absolute Gasteiger partial charge is 0.493 e. The van der Waals surface area contributed by atoms with Crippen molar-refractivity contribution in [1.82, 2.24) is 4.90 Å². The van der Waals surface area contributed by atoms with Gasteiger partial charge in [-0.3, -0.25) is 4.90 Å². The van der Waals surface area contributed by atoms with E-state index in [1.807, 2.05) is 0 Å². The summed E-state index contributed by atoms with van der Waals surface area (Å²) in [6.07, 6.45) is 2.47. The number of nitriles is 1. The first-order chi connectivity index (χ1) is 14.5. The maximum absolute atomic E-state index is 10.9. The van der Waals surface area contributed by atoms with Crippen LogP contribution in [0.2, 0.25) is 0 Å². The number of aliphatic hydroxyl groups excluding tert-OH is 1. The molecule has 31 heavy (non-hydrogen) atoms. The SMILES string of the molecule is COc1cc2c(cc1OCCOC(C)(C)C#N)CCN1C[C@@H](CC(C)(C)C)[C@H](O)C[C@H]21. The molecule has 2 aliphatic heterocycles. The van der Waals surface area contributed by atoms with Crippen LogP contribution < -0.4 is 9.47 Å². The Morgan fingerprint density at radius 1 is 1.16 bits per heavy atom. The smallest absolute Gasteiger partial charge is 0.161 e. The predicted octanol–water partition coefficient (Wildman–Crippen LogP) is 4.11. The molecule has 1 saturated heterocycles. The summed E-state index contributed by atoms with van der Waals surface area (Å²) in [6.45, 7) is 12.8. The third-order valence-electron chi connectivity index (χ3n) is 6.32. The molecule has 6 heteroatoms. The molecule has 172 valence electrons. The molecule has 3 rings (SSSR count). The van der Waals surface area contributed by atoms with Crippen LogP contribution in [0.1, 0.15) is 64.6 Å². The fourth-order valence-electron chi connectivity index (χ4n) is 4.84. The average molecular weight is 431 g/mol. The number of rotatable bonds is 7. The van der Waals surface area contributed by atoms with Crippen LogP contribution in [0.3, 0.4) is 0 Å². The summed E-state index contributed by atoms with van der Waals surface area (Å²) in [6, 6.07) is 6.50. The van der Waals surface area contributed by atoms with Gasteiger partial charge in [0.25, 0.3) is 0 Å². The van der Waals surface area contributed by atoms with Crippen molar-refractivity contribution in [2.45, 2.75) is 71.6 Å². The summed E-state index contributed by atoms with van der Waals surface area (Å²) in [5, 5.41) is 19.9. The van der Waals surface area contributed by atoms with E-state index in [1.165, 1.54) is 11.1 Å². The molecule has 2 heterocycles. The maximum atomic E-state index is 10.9. The minimum Gasteiger partial charge on any atom is -0.493 e. The number of hydrogen-bond donors (Lipinski definition) is 1. The Morgan fingerprint density at radius 2 is 1.90 bits per heavy atom. The van der Waals surface area contributed by atoms with Crippen LogP contribution >= 0.6 is 0 Å². The van der Waals surface area contributed by atoms with Crippen LogP contribution in [-0.2, 0) is 11.2 Å². The van der Waals surface area contributed by atoms with Gasteiger partial charge in [0.15, 0.2) is 11.5 Å². The zero-order chi connectivity index (χ0) is 22.8. The fourth-order valence-corrected chi connectivity index (χ4v) is 4.84. The first kappa shape index (κ1) is 23.8. The first-order valence-electron chi connectivity index (χ1n) is 11.3. The van der Waals surface area contributed by atoms with Gasteiger partial charge in [-0.2, -0.15) is 5.26 Å². The summed E-state index contributed by atoms with van der Waals surface area (Å²) in [7, 11) is 1.65. The van der Waals surface area contributed by atoms with E-state index in [4.69, 9.17) is 19.5 Å². The van der Waals surface area contributed by atoms with Gasteiger partial charge in [-0.25, -0.2) is 0 Å². The molecule has 1 aromatic carbocycles. The molecule has 2 aliphatic rings. The topological polar surface area (TPSA) is 75.0 Å². The van der Waals surface area contributed by atoms with Gasteiger partial charge in [-0.1, -0.05) is 20.8 Å². The minimum absolute atomic E-state index is 0.216. The first-order valence-corrected chi connectivity index (χ1v) is 11.3. The van der Waals surface area contributed by atoms with Crippen LogP contribution in [0.5, 0.6) is 11.5 Å². The Kier molecular flexibility index (Phi) is 7.20. The second-order valence-corrected chi connectivity index (χ2v) is 10.6. The van der Waals surface area contributed by atoms with Crippen molar-refractivity contribution in [2.24, 2.45) is 11.3 Å². The third-order valence-corrected chi connectivity index (χ3v) is 6.32. The molecule has 1 fully saturated rings. The monoisotopic (exact) mass is 430 g/mol. The molecule has 6 nitrogen and oxygen atoms in total. The lowest BCUT2D eigenvalue weighted by Crippen LogP contribution is -2.48. The molecule has 0 saturated carbocycles. The molecule has 0 bridgehead atoms. The Hall–Kier alpha value is -1.81. The lowest BCUT2D eigenvalue weighted by atomic mass is 9.75. The van der Waals surface area contributed by atoms with Crippen molar-refractivity contribution >= 4 is 0 Å². The van der Waals surface area contributed by atoms with Gasteiger partial charge >= 0.3 is 0 Å². The molecule has 0 aromatic heterocycles. The van der Waals surface area contributed by atoms with Crippen LogP contribution in [0.4, 0.5) is 0 Å². The van der Waals surface area contributed by atoms with Crippen molar-refractivity contribution in [3.8, 4) is 17.6 Å². The molecule has 0 amide bonds.